The zero-order valence-corrected chi connectivity index (χ0v) is 16.8. The molecule has 1 aromatic heterocycles. The smallest absolute Gasteiger partial charge is 0.233 e. The first-order valence-electron chi connectivity index (χ1n) is 9.66. The van der Waals surface area contributed by atoms with Crippen molar-refractivity contribution in [2.75, 3.05) is 37.3 Å². The van der Waals surface area contributed by atoms with Crippen LogP contribution in [0.15, 0.2) is 30.5 Å². The van der Waals surface area contributed by atoms with Gasteiger partial charge in [-0.2, -0.15) is 4.98 Å². The summed E-state index contributed by atoms with van der Waals surface area (Å²) >= 11 is 0. The van der Waals surface area contributed by atoms with Gasteiger partial charge in [0, 0.05) is 25.2 Å². The summed E-state index contributed by atoms with van der Waals surface area (Å²) in [4.78, 5) is 20.1. The van der Waals surface area contributed by atoms with Gasteiger partial charge in [-0.3, -0.25) is 4.79 Å². The monoisotopic (exact) mass is 398 g/mol. The van der Waals surface area contributed by atoms with Gasteiger partial charge >= 0.3 is 0 Å². The Kier molecular flexibility index (Phi) is 9.39. The molecule has 0 aliphatic rings. The highest BCUT2D eigenvalue weighted by Gasteiger charge is 2.06. The first-order chi connectivity index (χ1) is 14.1. The van der Waals surface area contributed by atoms with Gasteiger partial charge in [-0.15, -0.1) is 0 Å². The van der Waals surface area contributed by atoms with Crippen LogP contribution in [0.1, 0.15) is 31.7 Å². The van der Waals surface area contributed by atoms with Crippen LogP contribution in [-0.4, -0.2) is 42.6 Å². The van der Waals surface area contributed by atoms with Gasteiger partial charge in [0.25, 0.3) is 0 Å². The molecular formula is C21H27FN6O. The standard InChI is InChI=1S/C21H27FN6O/c1-3-11-25-20-16(8-5-4-6-12-24-19(29)15-23-2)14-26-21(28-20)27-18-10-7-9-17(22)13-18/h7,9-10,13-14,23H,3-4,6,11-12,15H2,1-2H3,(H,24,29)(H2,25,26,27,28). The Hall–Kier alpha value is -3.18. The van der Waals surface area contributed by atoms with Gasteiger partial charge < -0.3 is 21.3 Å². The van der Waals surface area contributed by atoms with Crippen LogP contribution in [0.5, 0.6) is 0 Å². The number of benzene rings is 1. The minimum atomic E-state index is -0.330. The van der Waals surface area contributed by atoms with Crippen molar-refractivity contribution in [3.63, 3.8) is 0 Å². The second-order valence-electron chi connectivity index (χ2n) is 6.30. The van der Waals surface area contributed by atoms with Crippen LogP contribution in [0.25, 0.3) is 0 Å². The maximum Gasteiger partial charge on any atom is 0.233 e. The molecule has 154 valence electrons. The Labute approximate surface area is 170 Å². The van der Waals surface area contributed by atoms with Crippen LogP contribution in [0.3, 0.4) is 0 Å². The molecule has 1 heterocycles. The fourth-order valence-electron chi connectivity index (χ4n) is 2.39. The van der Waals surface area contributed by atoms with E-state index in [4.69, 9.17) is 0 Å². The molecule has 29 heavy (non-hydrogen) atoms. The van der Waals surface area contributed by atoms with E-state index in [1.807, 2.05) is 0 Å². The molecule has 0 radical (unpaired) electrons. The van der Waals surface area contributed by atoms with Crippen LogP contribution in [0.4, 0.5) is 21.8 Å². The van der Waals surface area contributed by atoms with E-state index in [0.29, 0.717) is 42.5 Å². The number of anilines is 3. The molecule has 0 aliphatic carbocycles. The SMILES string of the molecule is CCCNc1nc(Nc2cccc(F)c2)ncc1C#CCCCNC(=O)CNC. The number of nitrogens with one attached hydrogen (secondary N) is 4. The summed E-state index contributed by atoms with van der Waals surface area (Å²) in [6.07, 6.45) is 4.00. The number of aromatic nitrogens is 2. The number of hydrogen-bond donors (Lipinski definition) is 4. The normalized spacial score (nSPS) is 10.0. The molecule has 0 aliphatic heterocycles. The fourth-order valence-corrected chi connectivity index (χ4v) is 2.39. The summed E-state index contributed by atoms with van der Waals surface area (Å²) in [5, 5.41) is 11.9. The van der Waals surface area contributed by atoms with Crippen molar-refractivity contribution in [2.24, 2.45) is 0 Å². The summed E-state index contributed by atoms with van der Waals surface area (Å²) in [6.45, 7) is 3.71. The highest BCUT2D eigenvalue weighted by Crippen LogP contribution is 2.18. The molecule has 1 aromatic carbocycles. The Bertz CT molecular complexity index is 862. The summed E-state index contributed by atoms with van der Waals surface area (Å²) < 4.78 is 13.4. The van der Waals surface area contributed by atoms with Crippen molar-refractivity contribution in [2.45, 2.75) is 26.2 Å². The van der Waals surface area contributed by atoms with E-state index in [-0.39, 0.29) is 11.7 Å². The Morgan fingerprint density at radius 1 is 1.28 bits per heavy atom. The molecular weight excluding hydrogens is 371 g/mol. The third-order valence-electron chi connectivity index (χ3n) is 3.77. The summed E-state index contributed by atoms with van der Waals surface area (Å²) in [5.41, 5.74) is 1.27. The van der Waals surface area contributed by atoms with Crippen molar-refractivity contribution < 1.29 is 9.18 Å². The van der Waals surface area contributed by atoms with Crippen LogP contribution in [0.2, 0.25) is 0 Å². The quantitative estimate of drug-likeness (QED) is 0.363. The van der Waals surface area contributed by atoms with E-state index in [0.717, 1.165) is 19.4 Å². The molecule has 0 fully saturated rings. The lowest BCUT2D eigenvalue weighted by Crippen LogP contribution is -2.32. The molecule has 4 N–H and O–H groups in total. The zero-order valence-electron chi connectivity index (χ0n) is 16.8. The summed E-state index contributed by atoms with van der Waals surface area (Å²) in [7, 11) is 1.73. The second-order valence-corrected chi connectivity index (χ2v) is 6.30. The van der Waals surface area contributed by atoms with E-state index in [1.165, 1.54) is 12.1 Å². The van der Waals surface area contributed by atoms with E-state index in [1.54, 1.807) is 25.4 Å². The van der Waals surface area contributed by atoms with Gasteiger partial charge in [-0.1, -0.05) is 24.8 Å². The third-order valence-corrected chi connectivity index (χ3v) is 3.77. The number of likely N-dealkylation sites (N-methyl/N-ethyl adjacent to an activating group) is 1. The molecule has 0 unspecified atom stereocenters. The highest BCUT2D eigenvalue weighted by molar-refractivity contribution is 5.77. The minimum absolute atomic E-state index is 0.0266. The van der Waals surface area contributed by atoms with Crippen LogP contribution in [-0.2, 0) is 4.79 Å². The zero-order chi connectivity index (χ0) is 20.9. The number of hydrogen-bond acceptors (Lipinski definition) is 6. The molecule has 1 amide bonds. The number of carbonyl (C=O) groups is 1. The Balaban J connectivity index is 1.99. The lowest BCUT2D eigenvalue weighted by atomic mass is 10.2. The average Bonchev–Trinajstić information content (AvgIpc) is 2.70. The molecule has 0 bridgehead atoms. The highest BCUT2D eigenvalue weighted by atomic mass is 19.1. The first-order valence-corrected chi connectivity index (χ1v) is 9.66. The maximum absolute atomic E-state index is 13.4. The molecule has 7 nitrogen and oxygen atoms in total. The van der Waals surface area contributed by atoms with Crippen molar-refractivity contribution in [1.29, 1.82) is 0 Å². The molecule has 8 heteroatoms. The predicted octanol–water partition coefficient (Wildman–Crippen LogP) is 2.65. The predicted molar refractivity (Wildman–Crippen MR) is 114 cm³/mol. The van der Waals surface area contributed by atoms with Crippen molar-refractivity contribution >= 4 is 23.4 Å². The van der Waals surface area contributed by atoms with Crippen molar-refractivity contribution in [3.05, 3.63) is 41.8 Å². The van der Waals surface area contributed by atoms with Gasteiger partial charge in [0.1, 0.15) is 11.6 Å². The molecule has 2 rings (SSSR count). The third kappa shape index (κ3) is 8.15. The first kappa shape index (κ1) is 22.1. The Morgan fingerprint density at radius 3 is 2.90 bits per heavy atom. The Morgan fingerprint density at radius 2 is 2.14 bits per heavy atom. The fraction of sp³-hybridized carbons (Fsp3) is 0.381. The number of halogens is 1. The number of carbonyl (C=O) groups excluding carboxylic acids is 1. The van der Waals surface area contributed by atoms with Crippen molar-refractivity contribution in [1.82, 2.24) is 20.6 Å². The molecule has 0 saturated heterocycles. The summed E-state index contributed by atoms with van der Waals surface area (Å²) in [6, 6.07) is 6.13. The van der Waals surface area contributed by atoms with Crippen LogP contribution >= 0.6 is 0 Å². The van der Waals surface area contributed by atoms with Crippen LogP contribution in [0, 0.1) is 17.7 Å². The summed E-state index contributed by atoms with van der Waals surface area (Å²) in [5.74, 6) is 6.83. The average molecular weight is 398 g/mol. The maximum atomic E-state index is 13.4. The largest absolute Gasteiger partial charge is 0.369 e. The van der Waals surface area contributed by atoms with Gasteiger partial charge in [-0.25, -0.2) is 9.37 Å². The molecule has 0 saturated carbocycles. The van der Waals surface area contributed by atoms with Gasteiger partial charge in [0.15, 0.2) is 0 Å². The van der Waals surface area contributed by atoms with Crippen LogP contribution < -0.4 is 21.3 Å². The van der Waals surface area contributed by atoms with Gasteiger partial charge in [0.2, 0.25) is 11.9 Å². The molecule has 2 aromatic rings. The lowest BCUT2D eigenvalue weighted by Gasteiger charge is -2.10. The van der Waals surface area contributed by atoms with E-state index < -0.39 is 0 Å². The van der Waals surface area contributed by atoms with Gasteiger partial charge in [-0.05, 0) is 38.1 Å². The molecule has 0 spiro atoms. The van der Waals surface area contributed by atoms with Crippen molar-refractivity contribution in [3.8, 4) is 11.8 Å². The minimum Gasteiger partial charge on any atom is -0.369 e. The van der Waals surface area contributed by atoms with Gasteiger partial charge in [0.05, 0.1) is 18.3 Å². The number of rotatable bonds is 10. The number of unbranched alkanes of at least 4 members (excludes halogenated alkanes) is 1. The topological polar surface area (TPSA) is 91.0 Å². The lowest BCUT2D eigenvalue weighted by molar-refractivity contribution is -0.120. The van der Waals surface area contributed by atoms with E-state index >= 15 is 0 Å². The second kappa shape index (κ2) is 12.3. The van der Waals surface area contributed by atoms with E-state index in [9.17, 15) is 9.18 Å². The molecule has 0 atom stereocenters. The number of nitrogens with zero attached hydrogens (tertiary/aromatic N) is 2. The van der Waals surface area contributed by atoms with E-state index in [2.05, 4.69) is 50.0 Å². The number of amides is 1.